The van der Waals surface area contributed by atoms with Gasteiger partial charge in [0.15, 0.2) is 0 Å². The lowest BCUT2D eigenvalue weighted by Crippen LogP contribution is -1.99. The highest BCUT2D eigenvalue weighted by atomic mass is 16.5. The first-order chi connectivity index (χ1) is 9.83. The fraction of sp³-hybridized carbons (Fsp3) is 0.222. The Hall–Kier alpha value is -2.22. The van der Waals surface area contributed by atoms with E-state index < -0.39 is 0 Å². The van der Waals surface area contributed by atoms with Crippen LogP contribution in [0.3, 0.4) is 0 Å². The molecule has 2 nitrogen and oxygen atoms in total. The van der Waals surface area contributed by atoms with Gasteiger partial charge < -0.3 is 10.1 Å². The molecule has 0 bridgehead atoms. The Labute approximate surface area is 120 Å². The molecule has 2 aromatic rings. The molecule has 1 aliphatic heterocycles. The van der Waals surface area contributed by atoms with Crippen molar-refractivity contribution in [3.63, 3.8) is 0 Å². The Kier molecular flexibility index (Phi) is 3.46. The van der Waals surface area contributed by atoms with Gasteiger partial charge in [-0.15, -0.1) is 0 Å². The van der Waals surface area contributed by atoms with Gasteiger partial charge in [-0.1, -0.05) is 37.3 Å². The standard InChI is InChI=1S/C18H19NO/c1-3-13-8-9-18-16(10-13)17(11-19-2)15-7-5-4-6-14(15)12-20-18/h4-11,19H,3,12H2,1-2H3/b17-11-. The predicted molar refractivity (Wildman–Crippen MR) is 82.7 cm³/mol. The van der Waals surface area contributed by atoms with Crippen LogP contribution >= 0.6 is 0 Å². The van der Waals surface area contributed by atoms with E-state index in [2.05, 4.69) is 60.9 Å². The summed E-state index contributed by atoms with van der Waals surface area (Å²) in [5, 5.41) is 3.17. The molecule has 1 N–H and O–H groups in total. The Bertz CT molecular complexity index is 658. The number of aryl methyl sites for hydroxylation is 1. The number of hydrogen-bond acceptors (Lipinski definition) is 2. The normalized spacial score (nSPS) is 15.0. The van der Waals surface area contributed by atoms with E-state index in [4.69, 9.17) is 4.74 Å². The van der Waals surface area contributed by atoms with Crippen molar-refractivity contribution < 1.29 is 4.74 Å². The summed E-state index contributed by atoms with van der Waals surface area (Å²) in [6, 6.07) is 14.9. The Balaban J connectivity index is 2.23. The van der Waals surface area contributed by atoms with Crippen molar-refractivity contribution in [2.75, 3.05) is 7.05 Å². The predicted octanol–water partition coefficient (Wildman–Crippen LogP) is 3.75. The highest BCUT2D eigenvalue weighted by Gasteiger charge is 2.18. The first-order valence-corrected chi connectivity index (χ1v) is 7.05. The van der Waals surface area contributed by atoms with E-state index in [0.29, 0.717) is 6.61 Å². The van der Waals surface area contributed by atoms with E-state index in [9.17, 15) is 0 Å². The molecule has 0 atom stereocenters. The summed E-state index contributed by atoms with van der Waals surface area (Å²) in [5.41, 5.74) is 6.17. The molecule has 102 valence electrons. The zero-order valence-corrected chi connectivity index (χ0v) is 11.9. The molecule has 0 fully saturated rings. The molecule has 20 heavy (non-hydrogen) atoms. The maximum absolute atomic E-state index is 5.98. The average Bonchev–Trinajstić information content (AvgIpc) is 2.65. The van der Waals surface area contributed by atoms with Crippen LogP contribution in [0, 0.1) is 0 Å². The van der Waals surface area contributed by atoms with Gasteiger partial charge in [0.2, 0.25) is 0 Å². The van der Waals surface area contributed by atoms with Gasteiger partial charge >= 0.3 is 0 Å². The first kappa shape index (κ1) is 12.8. The fourth-order valence-corrected chi connectivity index (χ4v) is 2.64. The zero-order chi connectivity index (χ0) is 13.9. The number of benzene rings is 2. The minimum Gasteiger partial charge on any atom is -0.488 e. The number of rotatable bonds is 2. The minimum absolute atomic E-state index is 0.621. The molecule has 0 aliphatic carbocycles. The monoisotopic (exact) mass is 265 g/mol. The van der Waals surface area contributed by atoms with Crippen molar-refractivity contribution in [2.45, 2.75) is 20.0 Å². The molecule has 0 radical (unpaired) electrons. The van der Waals surface area contributed by atoms with Crippen LogP contribution in [0.2, 0.25) is 0 Å². The summed E-state index contributed by atoms with van der Waals surface area (Å²) < 4.78 is 5.98. The average molecular weight is 265 g/mol. The second-order valence-corrected chi connectivity index (χ2v) is 4.98. The van der Waals surface area contributed by atoms with Crippen LogP contribution in [0.1, 0.15) is 29.2 Å². The third-order valence-corrected chi connectivity index (χ3v) is 3.72. The van der Waals surface area contributed by atoms with Gasteiger partial charge in [-0.05, 0) is 35.2 Å². The third-order valence-electron chi connectivity index (χ3n) is 3.72. The molecule has 0 unspecified atom stereocenters. The topological polar surface area (TPSA) is 21.3 Å². The summed E-state index contributed by atoms with van der Waals surface area (Å²) in [6.07, 6.45) is 3.09. The van der Waals surface area contributed by atoms with Gasteiger partial charge in [0.1, 0.15) is 12.4 Å². The first-order valence-electron chi connectivity index (χ1n) is 7.05. The van der Waals surface area contributed by atoms with E-state index in [1.165, 1.54) is 27.8 Å². The zero-order valence-electron chi connectivity index (χ0n) is 11.9. The second-order valence-electron chi connectivity index (χ2n) is 4.98. The lowest BCUT2D eigenvalue weighted by Gasteiger charge is -2.11. The summed E-state index contributed by atoms with van der Waals surface area (Å²) in [5.74, 6) is 0.958. The van der Waals surface area contributed by atoms with Crippen molar-refractivity contribution in [1.29, 1.82) is 0 Å². The SMILES string of the molecule is CCc1ccc2c(c1)/C(=C\NC)c1ccccc1CO2. The maximum atomic E-state index is 5.98. The highest BCUT2D eigenvalue weighted by molar-refractivity contribution is 5.85. The highest BCUT2D eigenvalue weighted by Crippen LogP contribution is 2.36. The Morgan fingerprint density at radius 3 is 2.80 bits per heavy atom. The van der Waals surface area contributed by atoms with Gasteiger partial charge in [-0.3, -0.25) is 0 Å². The van der Waals surface area contributed by atoms with E-state index >= 15 is 0 Å². The molecule has 0 aromatic heterocycles. The van der Waals surface area contributed by atoms with Crippen molar-refractivity contribution in [3.8, 4) is 5.75 Å². The van der Waals surface area contributed by atoms with Crippen LogP contribution < -0.4 is 10.1 Å². The van der Waals surface area contributed by atoms with Crippen LogP contribution in [-0.4, -0.2) is 7.05 Å². The van der Waals surface area contributed by atoms with Crippen LogP contribution in [0.5, 0.6) is 5.75 Å². The van der Waals surface area contributed by atoms with Gasteiger partial charge in [0.05, 0.1) is 0 Å². The van der Waals surface area contributed by atoms with E-state index in [-0.39, 0.29) is 0 Å². The van der Waals surface area contributed by atoms with Gasteiger partial charge in [0.25, 0.3) is 0 Å². The van der Waals surface area contributed by atoms with Crippen molar-refractivity contribution in [2.24, 2.45) is 0 Å². The molecule has 1 aliphatic rings. The second kappa shape index (κ2) is 5.41. The molecule has 0 saturated carbocycles. The molecular formula is C18H19NO. The van der Waals surface area contributed by atoms with Crippen molar-refractivity contribution >= 4 is 5.57 Å². The fourth-order valence-electron chi connectivity index (χ4n) is 2.64. The van der Waals surface area contributed by atoms with E-state index in [1.807, 2.05) is 7.05 Å². The van der Waals surface area contributed by atoms with Gasteiger partial charge in [0, 0.05) is 24.4 Å². The molecule has 2 aromatic carbocycles. The van der Waals surface area contributed by atoms with Gasteiger partial charge in [-0.2, -0.15) is 0 Å². The summed E-state index contributed by atoms with van der Waals surface area (Å²) in [6.45, 7) is 2.80. The number of hydrogen-bond donors (Lipinski definition) is 1. The molecule has 0 amide bonds. The third kappa shape index (κ3) is 2.18. The largest absolute Gasteiger partial charge is 0.488 e. The number of ether oxygens (including phenoxy) is 1. The molecular weight excluding hydrogens is 246 g/mol. The van der Waals surface area contributed by atoms with Gasteiger partial charge in [-0.25, -0.2) is 0 Å². The van der Waals surface area contributed by atoms with E-state index in [0.717, 1.165) is 12.2 Å². The Morgan fingerprint density at radius 1 is 1.15 bits per heavy atom. The van der Waals surface area contributed by atoms with Crippen LogP contribution in [0.15, 0.2) is 48.7 Å². The van der Waals surface area contributed by atoms with Crippen LogP contribution in [0.4, 0.5) is 0 Å². The Morgan fingerprint density at radius 2 is 2.00 bits per heavy atom. The van der Waals surface area contributed by atoms with E-state index in [1.54, 1.807) is 0 Å². The number of fused-ring (bicyclic) bond motifs is 2. The molecule has 0 saturated heterocycles. The van der Waals surface area contributed by atoms with Crippen molar-refractivity contribution in [1.82, 2.24) is 5.32 Å². The number of nitrogens with one attached hydrogen (secondary N) is 1. The molecule has 2 heteroatoms. The minimum atomic E-state index is 0.621. The van der Waals surface area contributed by atoms with Crippen LogP contribution in [-0.2, 0) is 13.0 Å². The lowest BCUT2D eigenvalue weighted by molar-refractivity contribution is 0.307. The smallest absolute Gasteiger partial charge is 0.127 e. The maximum Gasteiger partial charge on any atom is 0.127 e. The lowest BCUT2D eigenvalue weighted by atomic mass is 9.94. The molecule has 3 rings (SSSR count). The summed E-state index contributed by atoms with van der Waals surface area (Å²) in [4.78, 5) is 0. The molecule has 0 spiro atoms. The quantitative estimate of drug-likeness (QED) is 0.893. The van der Waals surface area contributed by atoms with Crippen LogP contribution in [0.25, 0.3) is 5.57 Å². The molecule has 1 heterocycles. The summed E-state index contributed by atoms with van der Waals surface area (Å²) in [7, 11) is 1.94. The summed E-state index contributed by atoms with van der Waals surface area (Å²) >= 11 is 0. The van der Waals surface area contributed by atoms with Crippen molar-refractivity contribution in [3.05, 3.63) is 70.9 Å².